The van der Waals surface area contributed by atoms with E-state index in [1.165, 1.54) is 15.3 Å². The van der Waals surface area contributed by atoms with Crippen molar-refractivity contribution in [2.45, 2.75) is 0 Å². The van der Waals surface area contributed by atoms with Gasteiger partial charge >= 0.3 is 0 Å². The summed E-state index contributed by atoms with van der Waals surface area (Å²) < 4.78 is 0. The maximum absolute atomic E-state index is 5.84. The summed E-state index contributed by atoms with van der Waals surface area (Å²) in [5.74, 6) is 0.465. The average Bonchev–Trinajstić information content (AvgIpc) is 3.12. The number of halogens is 2. The lowest BCUT2D eigenvalue weighted by Crippen LogP contribution is -1.93. The Balaban J connectivity index is 1.63. The van der Waals surface area contributed by atoms with Crippen molar-refractivity contribution in [1.29, 1.82) is 0 Å². The summed E-state index contributed by atoms with van der Waals surface area (Å²) in [5.41, 5.74) is 3.21. The number of rotatable bonds is 3. The van der Waals surface area contributed by atoms with Crippen LogP contribution in [0.25, 0.3) is 32.3 Å². The molecule has 0 unspecified atom stereocenters. The van der Waals surface area contributed by atoms with E-state index in [9.17, 15) is 0 Å². The van der Waals surface area contributed by atoms with Crippen molar-refractivity contribution in [3.05, 3.63) is 77.3 Å². The number of hydrogen-bond acceptors (Lipinski definition) is 4. The predicted octanol–water partition coefficient (Wildman–Crippen LogP) is 6.24. The molecule has 0 saturated carbocycles. The van der Waals surface area contributed by atoms with Crippen molar-refractivity contribution in [1.82, 2.24) is 15.0 Å². The summed E-state index contributed by atoms with van der Waals surface area (Å²) in [6.07, 6.45) is 0. The minimum Gasteiger partial charge on any atom is -0.198 e. The van der Waals surface area contributed by atoms with Crippen molar-refractivity contribution in [3.8, 4) is 32.3 Å². The molecule has 2 aromatic carbocycles. The quantitative estimate of drug-likeness (QED) is 0.420. The highest BCUT2D eigenvalue weighted by atomic mass is 35.5. The van der Waals surface area contributed by atoms with Gasteiger partial charge < -0.3 is 0 Å². The molecule has 0 aliphatic carbocycles. The zero-order chi connectivity index (χ0) is 17.2. The van der Waals surface area contributed by atoms with Crippen LogP contribution in [0.4, 0.5) is 0 Å². The van der Waals surface area contributed by atoms with E-state index in [-0.39, 0.29) is 10.6 Å². The van der Waals surface area contributed by atoms with E-state index in [4.69, 9.17) is 23.2 Å². The lowest BCUT2D eigenvalue weighted by molar-refractivity contribution is 1.06. The van der Waals surface area contributed by atoms with Crippen LogP contribution < -0.4 is 0 Å². The second-order valence-corrected chi connectivity index (χ2v) is 7.06. The molecule has 4 rings (SSSR count). The van der Waals surface area contributed by atoms with Crippen LogP contribution in [0, 0.1) is 0 Å². The second-order valence-electron chi connectivity index (χ2n) is 5.30. The molecule has 4 aromatic rings. The van der Waals surface area contributed by atoms with E-state index in [1.54, 1.807) is 11.3 Å². The van der Waals surface area contributed by atoms with E-state index in [2.05, 4.69) is 51.4 Å². The van der Waals surface area contributed by atoms with Crippen molar-refractivity contribution >= 4 is 34.5 Å². The van der Waals surface area contributed by atoms with E-state index in [1.807, 2.05) is 30.3 Å². The Morgan fingerprint density at radius 1 is 0.560 bits per heavy atom. The summed E-state index contributed by atoms with van der Waals surface area (Å²) in [6, 6.07) is 22.6. The van der Waals surface area contributed by atoms with E-state index in [0.29, 0.717) is 5.82 Å². The van der Waals surface area contributed by atoms with E-state index < -0.39 is 0 Å². The number of thiophene rings is 1. The molecule has 0 amide bonds. The molecule has 3 nitrogen and oxygen atoms in total. The average molecular weight is 384 g/mol. The summed E-state index contributed by atoms with van der Waals surface area (Å²) >= 11 is 13.4. The maximum atomic E-state index is 5.84. The molecule has 0 fully saturated rings. The minimum atomic E-state index is 0.0878. The normalized spacial score (nSPS) is 10.8. The van der Waals surface area contributed by atoms with Crippen LogP contribution in [0.15, 0.2) is 66.7 Å². The molecular formula is C19H11Cl2N3S. The van der Waals surface area contributed by atoms with Gasteiger partial charge in [0.2, 0.25) is 10.6 Å². The second kappa shape index (κ2) is 6.92. The van der Waals surface area contributed by atoms with E-state index in [0.717, 1.165) is 11.1 Å². The van der Waals surface area contributed by atoms with Gasteiger partial charge in [0, 0.05) is 15.3 Å². The van der Waals surface area contributed by atoms with Gasteiger partial charge in [-0.3, -0.25) is 0 Å². The molecule has 2 aromatic heterocycles. The standard InChI is InChI=1S/C19H11Cl2N3S/c20-18-22-17(23-19(21)24-18)14-8-6-13(7-9-14)16-11-10-15(25-16)12-4-2-1-3-5-12/h1-11H. The molecule has 0 atom stereocenters. The van der Waals surface area contributed by atoms with Crippen LogP contribution in [-0.2, 0) is 0 Å². The molecule has 0 aliphatic heterocycles. The largest absolute Gasteiger partial charge is 0.227 e. The highest BCUT2D eigenvalue weighted by molar-refractivity contribution is 7.18. The SMILES string of the molecule is Clc1nc(Cl)nc(-c2ccc(-c3ccc(-c4ccccc4)s3)cc2)n1. The molecule has 122 valence electrons. The lowest BCUT2D eigenvalue weighted by atomic mass is 10.1. The van der Waals surface area contributed by atoms with Gasteiger partial charge in [0.1, 0.15) is 0 Å². The molecule has 0 aliphatic rings. The van der Waals surface area contributed by atoms with Crippen LogP contribution >= 0.6 is 34.5 Å². The molecule has 0 bridgehead atoms. The zero-order valence-electron chi connectivity index (χ0n) is 12.9. The predicted molar refractivity (Wildman–Crippen MR) is 104 cm³/mol. The Kier molecular flexibility index (Phi) is 4.49. The minimum absolute atomic E-state index is 0.0878. The molecule has 25 heavy (non-hydrogen) atoms. The smallest absolute Gasteiger partial charge is 0.198 e. The molecule has 0 N–H and O–H groups in total. The van der Waals surface area contributed by atoms with Crippen LogP contribution in [-0.4, -0.2) is 15.0 Å². The zero-order valence-corrected chi connectivity index (χ0v) is 15.2. The summed E-state index contributed by atoms with van der Waals surface area (Å²) in [6.45, 7) is 0. The number of nitrogens with zero attached hydrogens (tertiary/aromatic N) is 3. The monoisotopic (exact) mass is 383 g/mol. The Hall–Kier alpha value is -2.27. The topological polar surface area (TPSA) is 38.7 Å². The number of benzene rings is 2. The Morgan fingerprint density at radius 2 is 1.08 bits per heavy atom. The van der Waals surface area contributed by atoms with Gasteiger partial charge in [-0.1, -0.05) is 54.6 Å². The van der Waals surface area contributed by atoms with Gasteiger partial charge in [-0.2, -0.15) is 15.0 Å². The summed E-state index contributed by atoms with van der Waals surface area (Å²) in [5, 5.41) is 0.176. The molecule has 2 heterocycles. The van der Waals surface area contributed by atoms with Gasteiger partial charge in [-0.05, 0) is 46.5 Å². The first-order valence-electron chi connectivity index (χ1n) is 7.52. The van der Waals surface area contributed by atoms with Crippen LogP contribution in [0.1, 0.15) is 0 Å². The van der Waals surface area contributed by atoms with Gasteiger partial charge in [0.15, 0.2) is 5.82 Å². The fourth-order valence-corrected chi connectivity index (χ4v) is 3.87. The summed E-state index contributed by atoms with van der Waals surface area (Å²) in [4.78, 5) is 14.4. The molecule has 0 radical (unpaired) electrons. The Bertz CT molecular complexity index is 994. The van der Waals surface area contributed by atoms with Gasteiger partial charge in [0.25, 0.3) is 0 Å². The van der Waals surface area contributed by atoms with Crippen LogP contribution in [0.2, 0.25) is 10.6 Å². The first kappa shape index (κ1) is 16.2. The van der Waals surface area contributed by atoms with Gasteiger partial charge in [-0.15, -0.1) is 11.3 Å². The van der Waals surface area contributed by atoms with Gasteiger partial charge in [0.05, 0.1) is 0 Å². The molecule has 0 spiro atoms. The summed E-state index contributed by atoms with van der Waals surface area (Å²) in [7, 11) is 0. The van der Waals surface area contributed by atoms with Gasteiger partial charge in [-0.25, -0.2) is 0 Å². The first-order chi connectivity index (χ1) is 12.2. The highest BCUT2D eigenvalue weighted by Gasteiger charge is 2.08. The van der Waals surface area contributed by atoms with E-state index >= 15 is 0 Å². The lowest BCUT2D eigenvalue weighted by Gasteiger charge is -2.03. The molecule has 6 heteroatoms. The molecular weight excluding hydrogens is 373 g/mol. The molecule has 0 saturated heterocycles. The highest BCUT2D eigenvalue weighted by Crippen LogP contribution is 2.35. The number of aromatic nitrogens is 3. The third-order valence-electron chi connectivity index (χ3n) is 3.67. The van der Waals surface area contributed by atoms with Crippen molar-refractivity contribution in [3.63, 3.8) is 0 Å². The fraction of sp³-hybridized carbons (Fsp3) is 0. The Morgan fingerprint density at radius 3 is 1.68 bits per heavy atom. The van der Waals surface area contributed by atoms with Crippen molar-refractivity contribution in [2.75, 3.05) is 0 Å². The van der Waals surface area contributed by atoms with Crippen LogP contribution in [0.5, 0.6) is 0 Å². The first-order valence-corrected chi connectivity index (χ1v) is 9.09. The maximum Gasteiger partial charge on any atom is 0.227 e. The number of hydrogen-bond donors (Lipinski definition) is 0. The van der Waals surface area contributed by atoms with Crippen LogP contribution in [0.3, 0.4) is 0 Å². The Labute approximate surface area is 159 Å². The fourth-order valence-electron chi connectivity index (χ4n) is 2.49. The third-order valence-corrected chi connectivity index (χ3v) is 5.19. The third kappa shape index (κ3) is 3.56. The van der Waals surface area contributed by atoms with Crippen molar-refractivity contribution < 1.29 is 0 Å². The van der Waals surface area contributed by atoms with Crippen molar-refractivity contribution in [2.24, 2.45) is 0 Å².